The molecule has 9 heteroatoms. The monoisotopic (exact) mass is 315 g/mol. The third kappa shape index (κ3) is 4.18. The quantitative estimate of drug-likeness (QED) is 0.593. The largest absolute Gasteiger partial charge is 0.364 e. The maximum atomic E-state index is 11.7. The second-order valence-corrected chi connectivity index (χ2v) is 6.98. The van der Waals surface area contributed by atoms with Gasteiger partial charge in [0.15, 0.2) is 5.96 Å². The SMILES string of the molecule is CN=C(NCCN1CCCS1(=O)=O)N(C)Cc1ccon1. The summed E-state index contributed by atoms with van der Waals surface area (Å²) in [5, 5.41) is 7.01. The van der Waals surface area contributed by atoms with E-state index in [9.17, 15) is 8.42 Å². The summed E-state index contributed by atoms with van der Waals surface area (Å²) in [6.45, 7) is 2.16. The van der Waals surface area contributed by atoms with Crippen LogP contribution in [0.5, 0.6) is 0 Å². The van der Waals surface area contributed by atoms with Crippen molar-refractivity contribution >= 4 is 16.0 Å². The zero-order valence-electron chi connectivity index (χ0n) is 12.3. The molecule has 0 bridgehead atoms. The highest BCUT2D eigenvalue weighted by atomic mass is 32.2. The molecule has 1 aromatic heterocycles. The van der Waals surface area contributed by atoms with Gasteiger partial charge >= 0.3 is 0 Å². The van der Waals surface area contributed by atoms with Gasteiger partial charge in [0.25, 0.3) is 0 Å². The molecule has 118 valence electrons. The average molecular weight is 315 g/mol. The lowest BCUT2D eigenvalue weighted by Crippen LogP contribution is -2.42. The van der Waals surface area contributed by atoms with Crippen molar-refractivity contribution in [1.29, 1.82) is 0 Å². The number of hydrogen-bond donors (Lipinski definition) is 1. The smallest absolute Gasteiger partial charge is 0.214 e. The molecule has 2 rings (SSSR count). The molecule has 1 fully saturated rings. The van der Waals surface area contributed by atoms with E-state index in [-0.39, 0.29) is 5.75 Å². The normalized spacial score (nSPS) is 18.9. The van der Waals surface area contributed by atoms with Crippen LogP contribution in [0.1, 0.15) is 12.1 Å². The topological polar surface area (TPSA) is 91.0 Å². The van der Waals surface area contributed by atoms with Crippen molar-refractivity contribution in [2.24, 2.45) is 4.99 Å². The van der Waals surface area contributed by atoms with Gasteiger partial charge in [0.05, 0.1) is 12.3 Å². The predicted octanol–water partition coefficient (Wildman–Crippen LogP) is -0.283. The van der Waals surface area contributed by atoms with Crippen molar-refractivity contribution in [1.82, 2.24) is 19.7 Å². The van der Waals surface area contributed by atoms with Crippen LogP contribution in [-0.4, -0.2) is 68.2 Å². The van der Waals surface area contributed by atoms with Crippen molar-refractivity contribution < 1.29 is 12.9 Å². The first kappa shape index (κ1) is 15.8. The van der Waals surface area contributed by atoms with Crippen LogP contribution in [0.2, 0.25) is 0 Å². The lowest BCUT2D eigenvalue weighted by atomic mass is 10.4. The zero-order valence-corrected chi connectivity index (χ0v) is 13.1. The Morgan fingerprint density at radius 3 is 3.00 bits per heavy atom. The Balaban J connectivity index is 1.80. The van der Waals surface area contributed by atoms with Gasteiger partial charge in [-0.25, -0.2) is 12.7 Å². The summed E-state index contributed by atoms with van der Waals surface area (Å²) >= 11 is 0. The first-order valence-electron chi connectivity index (χ1n) is 6.82. The fraction of sp³-hybridized carbons (Fsp3) is 0.667. The van der Waals surface area contributed by atoms with E-state index in [1.165, 1.54) is 10.6 Å². The Morgan fingerprint density at radius 2 is 2.43 bits per heavy atom. The summed E-state index contributed by atoms with van der Waals surface area (Å²) in [5.74, 6) is 0.947. The molecule has 0 amide bonds. The predicted molar refractivity (Wildman–Crippen MR) is 79.3 cm³/mol. The standard InChI is InChI=1S/C12H21N5O3S/c1-13-12(16(2)10-11-4-8-20-15-11)14-5-7-17-6-3-9-21(17,18)19/h4,8H,3,5-7,9-10H2,1-2H3,(H,13,14). The Hall–Kier alpha value is -1.61. The molecule has 0 aromatic carbocycles. The molecule has 1 N–H and O–H groups in total. The minimum absolute atomic E-state index is 0.258. The van der Waals surface area contributed by atoms with E-state index in [0.29, 0.717) is 38.6 Å². The first-order valence-corrected chi connectivity index (χ1v) is 8.43. The number of aromatic nitrogens is 1. The van der Waals surface area contributed by atoms with Crippen molar-refractivity contribution in [3.63, 3.8) is 0 Å². The van der Waals surface area contributed by atoms with E-state index < -0.39 is 10.0 Å². The number of sulfonamides is 1. The molecule has 1 saturated heterocycles. The van der Waals surface area contributed by atoms with Crippen LogP contribution in [-0.2, 0) is 16.6 Å². The van der Waals surface area contributed by atoms with Crippen LogP contribution in [0.15, 0.2) is 21.8 Å². The number of nitrogens with one attached hydrogen (secondary N) is 1. The van der Waals surface area contributed by atoms with Gasteiger partial charge in [0, 0.05) is 39.8 Å². The van der Waals surface area contributed by atoms with E-state index in [2.05, 4.69) is 15.5 Å². The minimum atomic E-state index is -3.04. The van der Waals surface area contributed by atoms with Crippen molar-refractivity contribution in [3.05, 3.63) is 18.0 Å². The maximum absolute atomic E-state index is 11.7. The molecule has 1 aromatic rings. The molecule has 0 spiro atoms. The molecule has 2 heterocycles. The molecule has 0 atom stereocenters. The van der Waals surface area contributed by atoms with Crippen LogP contribution in [0.4, 0.5) is 0 Å². The summed E-state index contributed by atoms with van der Waals surface area (Å²) in [7, 11) is 0.539. The fourth-order valence-electron chi connectivity index (χ4n) is 2.26. The van der Waals surface area contributed by atoms with Gasteiger partial charge in [0.1, 0.15) is 12.0 Å². The van der Waals surface area contributed by atoms with E-state index in [1.807, 2.05) is 11.9 Å². The van der Waals surface area contributed by atoms with Gasteiger partial charge in [-0.2, -0.15) is 0 Å². The molecular weight excluding hydrogens is 294 g/mol. The molecule has 8 nitrogen and oxygen atoms in total. The van der Waals surface area contributed by atoms with Crippen LogP contribution in [0, 0.1) is 0 Å². The number of guanidine groups is 1. The Bertz CT molecular complexity index is 570. The molecule has 1 aliphatic heterocycles. The Labute approximate surface area is 124 Å². The maximum Gasteiger partial charge on any atom is 0.214 e. The van der Waals surface area contributed by atoms with Gasteiger partial charge < -0.3 is 14.7 Å². The molecule has 0 saturated carbocycles. The van der Waals surface area contributed by atoms with Crippen LogP contribution in [0.25, 0.3) is 0 Å². The molecule has 0 radical (unpaired) electrons. The minimum Gasteiger partial charge on any atom is -0.364 e. The second kappa shape index (κ2) is 6.90. The number of nitrogens with zero attached hydrogens (tertiary/aromatic N) is 4. The van der Waals surface area contributed by atoms with Gasteiger partial charge in [0.2, 0.25) is 10.0 Å². The average Bonchev–Trinajstić information content (AvgIpc) is 3.04. The molecular formula is C12H21N5O3S. The van der Waals surface area contributed by atoms with Gasteiger partial charge in [-0.1, -0.05) is 5.16 Å². The van der Waals surface area contributed by atoms with Crippen molar-refractivity contribution in [3.8, 4) is 0 Å². The number of hydrogen-bond acceptors (Lipinski definition) is 5. The third-order valence-electron chi connectivity index (χ3n) is 3.31. The third-order valence-corrected chi connectivity index (χ3v) is 5.27. The summed E-state index contributed by atoms with van der Waals surface area (Å²) in [6.07, 6.45) is 2.24. The van der Waals surface area contributed by atoms with E-state index >= 15 is 0 Å². The lowest BCUT2D eigenvalue weighted by molar-refractivity contribution is 0.389. The summed E-state index contributed by atoms with van der Waals surface area (Å²) in [6, 6.07) is 1.79. The van der Waals surface area contributed by atoms with Gasteiger partial charge in [-0.05, 0) is 6.42 Å². The molecule has 21 heavy (non-hydrogen) atoms. The summed E-state index contributed by atoms with van der Waals surface area (Å²) in [4.78, 5) is 6.07. The van der Waals surface area contributed by atoms with Crippen LogP contribution < -0.4 is 5.32 Å². The summed E-state index contributed by atoms with van der Waals surface area (Å²) in [5.41, 5.74) is 0.808. The van der Waals surface area contributed by atoms with E-state index in [1.54, 1.807) is 13.1 Å². The fourth-order valence-corrected chi connectivity index (χ4v) is 3.79. The molecule has 0 unspecified atom stereocenters. The van der Waals surface area contributed by atoms with Crippen LogP contribution in [0.3, 0.4) is 0 Å². The molecule has 1 aliphatic rings. The highest BCUT2D eigenvalue weighted by molar-refractivity contribution is 7.89. The van der Waals surface area contributed by atoms with Gasteiger partial charge in [-0.15, -0.1) is 0 Å². The second-order valence-electron chi connectivity index (χ2n) is 4.89. The zero-order chi connectivity index (χ0) is 15.3. The Kier molecular flexibility index (Phi) is 5.18. The molecule has 0 aliphatic carbocycles. The van der Waals surface area contributed by atoms with E-state index in [4.69, 9.17) is 4.52 Å². The number of rotatable bonds is 5. The Morgan fingerprint density at radius 1 is 1.62 bits per heavy atom. The summed E-state index contributed by atoms with van der Waals surface area (Å²) < 4.78 is 29.7. The number of aliphatic imine (C=N–C) groups is 1. The highest BCUT2D eigenvalue weighted by Crippen LogP contribution is 2.11. The lowest BCUT2D eigenvalue weighted by Gasteiger charge is -2.22. The van der Waals surface area contributed by atoms with Crippen molar-refractivity contribution in [2.75, 3.05) is 39.5 Å². The van der Waals surface area contributed by atoms with E-state index in [0.717, 1.165) is 5.69 Å². The first-order chi connectivity index (χ1) is 10.0. The van der Waals surface area contributed by atoms with Crippen LogP contribution >= 0.6 is 0 Å². The highest BCUT2D eigenvalue weighted by Gasteiger charge is 2.27. The van der Waals surface area contributed by atoms with Gasteiger partial charge in [-0.3, -0.25) is 4.99 Å². The van der Waals surface area contributed by atoms with Crippen molar-refractivity contribution in [2.45, 2.75) is 13.0 Å².